The molecule has 0 saturated carbocycles. The van der Waals surface area contributed by atoms with Crippen LogP contribution in [0.15, 0.2) is 48.7 Å². The molecule has 0 fully saturated rings. The van der Waals surface area contributed by atoms with Crippen molar-refractivity contribution in [3.63, 3.8) is 0 Å². The van der Waals surface area contributed by atoms with Gasteiger partial charge < -0.3 is 9.88 Å². The van der Waals surface area contributed by atoms with Gasteiger partial charge in [-0.25, -0.2) is 17.9 Å². The van der Waals surface area contributed by atoms with Crippen LogP contribution in [-0.4, -0.2) is 37.8 Å². The number of carbonyl (C=O) groups excluding carboxylic acids is 1. The van der Waals surface area contributed by atoms with Crippen LogP contribution in [0.3, 0.4) is 0 Å². The fourth-order valence-corrected chi connectivity index (χ4v) is 3.09. The zero-order valence-corrected chi connectivity index (χ0v) is 15.4. The highest BCUT2D eigenvalue weighted by atomic mass is 19.1. The molecule has 1 N–H and O–H groups in total. The molecule has 1 amide bonds. The first-order valence-electron chi connectivity index (χ1n) is 8.76. The van der Waals surface area contributed by atoms with Gasteiger partial charge in [-0.1, -0.05) is 11.3 Å². The molecule has 4 aromatic rings. The molecule has 0 radical (unpaired) electrons. The Morgan fingerprint density at radius 1 is 1.14 bits per heavy atom. The van der Waals surface area contributed by atoms with E-state index >= 15 is 0 Å². The minimum Gasteiger partial charge on any atom is -0.357 e. The molecular formula is C20H16F3N5O. The highest BCUT2D eigenvalue weighted by Crippen LogP contribution is 2.18. The summed E-state index contributed by atoms with van der Waals surface area (Å²) in [5, 5.41) is 8.30. The van der Waals surface area contributed by atoms with Crippen LogP contribution in [-0.2, 0) is 13.1 Å². The van der Waals surface area contributed by atoms with Crippen LogP contribution in [0.2, 0.25) is 0 Å². The van der Waals surface area contributed by atoms with Gasteiger partial charge in [0.25, 0.3) is 5.91 Å². The number of amides is 1. The first kappa shape index (κ1) is 18.7. The lowest BCUT2D eigenvalue weighted by Crippen LogP contribution is -2.26. The van der Waals surface area contributed by atoms with E-state index in [2.05, 4.69) is 15.3 Å². The van der Waals surface area contributed by atoms with Crippen molar-refractivity contribution in [2.24, 2.45) is 0 Å². The summed E-state index contributed by atoms with van der Waals surface area (Å²) in [5.41, 5.74) is 1.38. The number of fused-ring (bicyclic) bond motifs is 1. The van der Waals surface area contributed by atoms with Crippen LogP contribution in [0.5, 0.6) is 0 Å². The Hall–Kier alpha value is -3.62. The van der Waals surface area contributed by atoms with Crippen molar-refractivity contribution in [3.05, 3.63) is 83.1 Å². The van der Waals surface area contributed by atoms with E-state index in [1.807, 2.05) is 0 Å². The van der Waals surface area contributed by atoms with Gasteiger partial charge in [0.05, 0.1) is 19.3 Å². The van der Waals surface area contributed by atoms with Gasteiger partial charge in [0, 0.05) is 29.2 Å². The maximum Gasteiger partial charge on any atom is 0.276 e. The monoisotopic (exact) mass is 399 g/mol. The summed E-state index contributed by atoms with van der Waals surface area (Å²) in [6.45, 7) is 0.0556. The lowest BCUT2D eigenvalue weighted by atomic mass is 10.2. The summed E-state index contributed by atoms with van der Waals surface area (Å²) >= 11 is 0. The second kappa shape index (κ2) is 7.42. The molecule has 6 nitrogen and oxygen atoms in total. The average molecular weight is 399 g/mol. The quantitative estimate of drug-likeness (QED) is 0.559. The molecule has 0 aliphatic carbocycles. The minimum atomic E-state index is -0.694. The zero-order valence-electron chi connectivity index (χ0n) is 15.4. The summed E-state index contributed by atoms with van der Waals surface area (Å²) in [6.07, 6.45) is 1.34. The van der Waals surface area contributed by atoms with Crippen molar-refractivity contribution >= 4 is 16.8 Å². The molecule has 148 valence electrons. The third kappa shape index (κ3) is 3.84. The Kier molecular flexibility index (Phi) is 4.79. The number of halogens is 3. The van der Waals surface area contributed by atoms with E-state index in [-0.39, 0.29) is 30.2 Å². The van der Waals surface area contributed by atoms with E-state index in [1.54, 1.807) is 19.2 Å². The minimum absolute atomic E-state index is 0.0476. The number of hydrogen-bond donors (Lipinski definition) is 1. The number of aromatic nitrogens is 4. The van der Waals surface area contributed by atoms with Gasteiger partial charge in [-0.15, -0.1) is 5.10 Å². The van der Waals surface area contributed by atoms with Gasteiger partial charge in [0.1, 0.15) is 17.5 Å². The fourth-order valence-electron chi connectivity index (χ4n) is 3.09. The van der Waals surface area contributed by atoms with Crippen molar-refractivity contribution in [3.8, 4) is 0 Å². The number of benzene rings is 2. The maximum absolute atomic E-state index is 13.8. The molecule has 2 heterocycles. The number of H-pyrrole nitrogens is 1. The highest BCUT2D eigenvalue weighted by Gasteiger charge is 2.18. The van der Waals surface area contributed by atoms with Gasteiger partial charge in [-0.3, -0.25) is 4.79 Å². The van der Waals surface area contributed by atoms with Crippen molar-refractivity contribution in [2.45, 2.75) is 13.1 Å². The van der Waals surface area contributed by atoms with E-state index in [0.717, 1.165) is 23.3 Å². The van der Waals surface area contributed by atoms with Crippen molar-refractivity contribution in [1.29, 1.82) is 0 Å². The summed E-state index contributed by atoms with van der Waals surface area (Å²) < 4.78 is 42.1. The van der Waals surface area contributed by atoms with Gasteiger partial charge in [0.15, 0.2) is 5.69 Å². The molecule has 0 aliphatic heterocycles. The fraction of sp³-hybridized carbons (Fsp3) is 0.150. The largest absolute Gasteiger partial charge is 0.357 e. The topological polar surface area (TPSA) is 66.8 Å². The number of nitrogens with one attached hydrogen (secondary N) is 1. The predicted octanol–water partition coefficient (Wildman–Crippen LogP) is 3.50. The maximum atomic E-state index is 13.8. The van der Waals surface area contributed by atoms with Gasteiger partial charge >= 0.3 is 0 Å². The highest BCUT2D eigenvalue weighted by molar-refractivity contribution is 5.91. The van der Waals surface area contributed by atoms with Crippen LogP contribution in [0, 0.1) is 17.5 Å². The van der Waals surface area contributed by atoms with Gasteiger partial charge in [-0.05, 0) is 36.4 Å². The summed E-state index contributed by atoms with van der Waals surface area (Å²) in [7, 11) is 1.59. The molecule has 0 unspecified atom stereocenters. The molecule has 0 bridgehead atoms. The van der Waals surface area contributed by atoms with E-state index in [1.165, 1.54) is 34.0 Å². The third-order valence-corrected chi connectivity index (χ3v) is 4.53. The summed E-state index contributed by atoms with van der Waals surface area (Å²) in [5.74, 6) is -2.13. The average Bonchev–Trinajstić information content (AvgIpc) is 3.30. The Labute approximate surface area is 163 Å². The van der Waals surface area contributed by atoms with Crippen LogP contribution < -0.4 is 0 Å². The second-order valence-electron chi connectivity index (χ2n) is 6.69. The Balaban J connectivity index is 1.47. The van der Waals surface area contributed by atoms with E-state index in [9.17, 15) is 18.0 Å². The normalized spacial score (nSPS) is 11.2. The SMILES string of the molecule is CN(Cc1cc2cc(F)ccc2[nH]1)C(=O)c1cn(Cc2c(F)cccc2F)nn1. The molecule has 9 heteroatoms. The van der Waals surface area contributed by atoms with E-state index in [0.29, 0.717) is 5.39 Å². The predicted molar refractivity (Wildman–Crippen MR) is 99.5 cm³/mol. The molecule has 0 atom stereocenters. The van der Waals surface area contributed by atoms with E-state index < -0.39 is 17.5 Å². The molecular weight excluding hydrogens is 383 g/mol. The molecule has 0 saturated heterocycles. The zero-order chi connectivity index (χ0) is 20.5. The summed E-state index contributed by atoms with van der Waals surface area (Å²) in [4.78, 5) is 17.1. The Bertz CT molecular complexity index is 1180. The first-order valence-corrected chi connectivity index (χ1v) is 8.76. The second-order valence-corrected chi connectivity index (χ2v) is 6.69. The molecule has 0 spiro atoms. The molecule has 4 rings (SSSR count). The first-order chi connectivity index (χ1) is 13.9. The Morgan fingerprint density at radius 3 is 2.66 bits per heavy atom. The molecule has 29 heavy (non-hydrogen) atoms. The van der Waals surface area contributed by atoms with Crippen LogP contribution in [0.4, 0.5) is 13.2 Å². The van der Waals surface area contributed by atoms with Crippen LogP contribution >= 0.6 is 0 Å². The van der Waals surface area contributed by atoms with E-state index in [4.69, 9.17) is 0 Å². The number of aromatic amines is 1. The number of hydrogen-bond acceptors (Lipinski definition) is 3. The molecule has 2 aromatic carbocycles. The third-order valence-electron chi connectivity index (χ3n) is 4.53. The van der Waals surface area contributed by atoms with Crippen molar-refractivity contribution < 1.29 is 18.0 Å². The lowest BCUT2D eigenvalue weighted by Gasteiger charge is -2.14. The smallest absolute Gasteiger partial charge is 0.276 e. The molecule has 0 aliphatic rings. The summed E-state index contributed by atoms with van der Waals surface area (Å²) in [6, 6.07) is 9.74. The number of rotatable bonds is 5. The van der Waals surface area contributed by atoms with Gasteiger partial charge in [0.2, 0.25) is 0 Å². The van der Waals surface area contributed by atoms with Gasteiger partial charge in [-0.2, -0.15) is 0 Å². The lowest BCUT2D eigenvalue weighted by molar-refractivity contribution is 0.0777. The molecule has 2 aromatic heterocycles. The van der Waals surface area contributed by atoms with Crippen molar-refractivity contribution in [2.75, 3.05) is 7.05 Å². The van der Waals surface area contributed by atoms with Crippen LogP contribution in [0.1, 0.15) is 21.7 Å². The Morgan fingerprint density at radius 2 is 1.90 bits per heavy atom. The number of nitrogens with zero attached hydrogens (tertiary/aromatic N) is 4. The van der Waals surface area contributed by atoms with Crippen molar-refractivity contribution in [1.82, 2.24) is 24.9 Å². The number of carbonyl (C=O) groups is 1. The van der Waals surface area contributed by atoms with Crippen LogP contribution in [0.25, 0.3) is 10.9 Å². The standard InChI is InChI=1S/C20H16F3N5O/c1-27(9-14-8-12-7-13(21)5-6-18(12)24-14)20(29)19-11-28(26-25-19)10-15-16(22)3-2-4-17(15)23/h2-8,11,24H,9-10H2,1H3.